The molecular formula is C15H13N3O4. The normalized spacial score (nSPS) is 23.9. The fourth-order valence-corrected chi connectivity index (χ4v) is 2.52. The van der Waals surface area contributed by atoms with Gasteiger partial charge in [-0.1, -0.05) is 6.07 Å². The molecule has 0 saturated carbocycles. The third-order valence-electron chi connectivity index (χ3n) is 3.60. The Morgan fingerprint density at radius 1 is 1.00 bits per heavy atom. The van der Waals surface area contributed by atoms with Crippen LogP contribution in [0, 0.1) is 34.5 Å². The molecule has 1 aliphatic rings. The monoisotopic (exact) mass is 299 g/mol. The maximum atomic E-state index is 11.8. The average molecular weight is 299 g/mol. The minimum absolute atomic E-state index is 0.395. The van der Waals surface area contributed by atoms with E-state index in [0.29, 0.717) is 17.1 Å². The van der Waals surface area contributed by atoms with E-state index in [4.69, 9.17) is 9.47 Å². The van der Waals surface area contributed by atoms with Crippen LogP contribution in [0.4, 0.5) is 0 Å². The van der Waals surface area contributed by atoms with Crippen molar-refractivity contribution in [3.63, 3.8) is 0 Å². The minimum Gasteiger partial charge on any atom is -0.493 e. The molecule has 7 heteroatoms. The van der Waals surface area contributed by atoms with Crippen LogP contribution in [0.3, 0.4) is 0 Å². The number of piperidine rings is 1. The lowest BCUT2D eigenvalue weighted by molar-refractivity contribution is -0.137. The Morgan fingerprint density at radius 3 is 2.00 bits per heavy atom. The maximum absolute atomic E-state index is 11.8. The van der Waals surface area contributed by atoms with Crippen LogP contribution in [0.25, 0.3) is 0 Å². The van der Waals surface area contributed by atoms with Crippen LogP contribution in [-0.4, -0.2) is 26.0 Å². The number of methoxy groups -OCH3 is 2. The number of benzene rings is 1. The molecule has 0 aliphatic carbocycles. The largest absolute Gasteiger partial charge is 0.493 e. The fraction of sp³-hybridized carbons (Fsp3) is 0.333. The molecule has 0 bridgehead atoms. The standard InChI is InChI=1S/C15H13N3O4/c1-21-11-4-3-8(5-12(11)22-2)13-9(6-16)14(19)18-15(20)10(13)7-17/h3-5,9-10,13H,1-2H3,(H,18,19,20). The summed E-state index contributed by atoms with van der Waals surface area (Å²) in [5.74, 6) is -3.62. The Balaban J connectivity index is 2.55. The summed E-state index contributed by atoms with van der Waals surface area (Å²) in [5.41, 5.74) is 0.499. The van der Waals surface area contributed by atoms with Gasteiger partial charge in [0.2, 0.25) is 11.8 Å². The molecule has 2 unspecified atom stereocenters. The van der Waals surface area contributed by atoms with E-state index in [1.165, 1.54) is 14.2 Å². The van der Waals surface area contributed by atoms with Gasteiger partial charge in [0.05, 0.1) is 26.4 Å². The van der Waals surface area contributed by atoms with Gasteiger partial charge >= 0.3 is 0 Å². The molecule has 1 aliphatic heterocycles. The van der Waals surface area contributed by atoms with E-state index in [-0.39, 0.29) is 0 Å². The number of nitrogens with zero attached hydrogens (tertiary/aromatic N) is 2. The van der Waals surface area contributed by atoms with Gasteiger partial charge in [0.25, 0.3) is 0 Å². The maximum Gasteiger partial charge on any atom is 0.244 e. The van der Waals surface area contributed by atoms with E-state index in [2.05, 4.69) is 5.32 Å². The molecule has 0 aromatic heterocycles. The second-order valence-corrected chi connectivity index (χ2v) is 4.71. The van der Waals surface area contributed by atoms with Gasteiger partial charge in [-0.05, 0) is 17.7 Å². The number of imide groups is 1. The highest BCUT2D eigenvalue weighted by Gasteiger charge is 2.45. The van der Waals surface area contributed by atoms with Gasteiger partial charge < -0.3 is 9.47 Å². The molecule has 2 rings (SSSR count). The lowest BCUT2D eigenvalue weighted by Crippen LogP contribution is -2.49. The van der Waals surface area contributed by atoms with Gasteiger partial charge in [0, 0.05) is 5.92 Å². The highest BCUT2D eigenvalue weighted by atomic mass is 16.5. The third-order valence-corrected chi connectivity index (χ3v) is 3.60. The topological polar surface area (TPSA) is 112 Å². The molecule has 112 valence electrons. The molecule has 1 aromatic carbocycles. The molecule has 7 nitrogen and oxygen atoms in total. The van der Waals surface area contributed by atoms with Gasteiger partial charge in [-0.2, -0.15) is 10.5 Å². The van der Waals surface area contributed by atoms with Gasteiger partial charge in [-0.15, -0.1) is 0 Å². The van der Waals surface area contributed by atoms with E-state index in [1.54, 1.807) is 18.2 Å². The number of carbonyl (C=O) groups excluding carboxylic acids is 2. The van der Waals surface area contributed by atoms with Crippen LogP contribution in [0.1, 0.15) is 11.5 Å². The molecule has 1 fully saturated rings. The first-order valence-corrected chi connectivity index (χ1v) is 6.43. The Kier molecular flexibility index (Phi) is 4.28. The number of hydrogen-bond acceptors (Lipinski definition) is 6. The van der Waals surface area contributed by atoms with Gasteiger partial charge in [-0.25, -0.2) is 0 Å². The van der Waals surface area contributed by atoms with E-state index >= 15 is 0 Å². The van der Waals surface area contributed by atoms with Gasteiger partial charge in [-0.3, -0.25) is 14.9 Å². The number of ether oxygens (including phenoxy) is 2. The number of rotatable bonds is 3. The van der Waals surface area contributed by atoms with Gasteiger partial charge in [0.15, 0.2) is 11.5 Å². The first kappa shape index (κ1) is 15.3. The predicted molar refractivity (Wildman–Crippen MR) is 73.6 cm³/mol. The van der Waals surface area contributed by atoms with Crippen molar-refractivity contribution < 1.29 is 19.1 Å². The molecule has 1 aromatic rings. The van der Waals surface area contributed by atoms with Crippen molar-refractivity contribution in [2.75, 3.05) is 14.2 Å². The Labute approximate surface area is 127 Å². The summed E-state index contributed by atoms with van der Waals surface area (Å²) < 4.78 is 10.3. The smallest absolute Gasteiger partial charge is 0.244 e. The summed E-state index contributed by atoms with van der Waals surface area (Å²) >= 11 is 0. The number of carbonyl (C=O) groups is 2. The lowest BCUT2D eigenvalue weighted by atomic mass is 9.74. The molecule has 0 radical (unpaired) electrons. The lowest BCUT2D eigenvalue weighted by Gasteiger charge is -2.30. The zero-order valence-electron chi connectivity index (χ0n) is 12.0. The van der Waals surface area contributed by atoms with Crippen LogP contribution in [0.2, 0.25) is 0 Å². The number of nitriles is 2. The molecule has 2 amide bonds. The van der Waals surface area contributed by atoms with Crippen LogP contribution in [0.5, 0.6) is 11.5 Å². The molecule has 22 heavy (non-hydrogen) atoms. The Morgan fingerprint density at radius 2 is 1.55 bits per heavy atom. The van der Waals surface area contributed by atoms with Crippen molar-refractivity contribution in [1.82, 2.24) is 5.32 Å². The SMILES string of the molecule is COc1ccc(C2C(C#N)C(=O)NC(=O)C2C#N)cc1OC. The minimum atomic E-state index is -1.12. The van der Waals surface area contributed by atoms with Crippen LogP contribution in [0.15, 0.2) is 18.2 Å². The van der Waals surface area contributed by atoms with E-state index in [0.717, 1.165) is 0 Å². The highest BCUT2D eigenvalue weighted by Crippen LogP contribution is 2.39. The molecule has 1 saturated heterocycles. The summed E-state index contributed by atoms with van der Waals surface area (Å²) in [6.07, 6.45) is 0. The second-order valence-electron chi connectivity index (χ2n) is 4.71. The highest BCUT2D eigenvalue weighted by molar-refractivity contribution is 6.03. The van der Waals surface area contributed by atoms with Crippen LogP contribution < -0.4 is 14.8 Å². The fourth-order valence-electron chi connectivity index (χ4n) is 2.52. The van der Waals surface area contributed by atoms with Crippen molar-refractivity contribution in [3.05, 3.63) is 23.8 Å². The third kappa shape index (κ3) is 2.45. The first-order valence-electron chi connectivity index (χ1n) is 6.43. The summed E-state index contributed by atoms with van der Waals surface area (Å²) in [6.45, 7) is 0. The van der Waals surface area contributed by atoms with Crippen molar-refractivity contribution >= 4 is 11.8 Å². The first-order chi connectivity index (χ1) is 10.6. The predicted octanol–water partition coefficient (Wildman–Crippen LogP) is 0.723. The number of nitrogens with one attached hydrogen (secondary N) is 1. The zero-order chi connectivity index (χ0) is 16.3. The van der Waals surface area contributed by atoms with Gasteiger partial charge in [0.1, 0.15) is 11.8 Å². The van der Waals surface area contributed by atoms with Crippen molar-refractivity contribution in [1.29, 1.82) is 10.5 Å². The molecule has 0 spiro atoms. The van der Waals surface area contributed by atoms with Crippen LogP contribution in [-0.2, 0) is 9.59 Å². The van der Waals surface area contributed by atoms with E-state index < -0.39 is 29.6 Å². The average Bonchev–Trinajstić information content (AvgIpc) is 2.53. The van der Waals surface area contributed by atoms with E-state index in [1.807, 2.05) is 12.1 Å². The summed E-state index contributed by atoms with van der Waals surface area (Å²) in [4.78, 5) is 23.7. The number of hydrogen-bond donors (Lipinski definition) is 1. The van der Waals surface area contributed by atoms with E-state index in [9.17, 15) is 20.1 Å². The Bertz CT molecular complexity index is 670. The Hall–Kier alpha value is -3.06. The quantitative estimate of drug-likeness (QED) is 0.823. The molecule has 2 atom stereocenters. The van der Waals surface area contributed by atoms with Crippen molar-refractivity contribution in [2.45, 2.75) is 5.92 Å². The zero-order valence-corrected chi connectivity index (χ0v) is 12.0. The summed E-state index contributed by atoms with van der Waals surface area (Å²) in [6, 6.07) is 8.53. The van der Waals surface area contributed by atoms with Crippen molar-refractivity contribution in [2.24, 2.45) is 11.8 Å². The number of amides is 2. The van der Waals surface area contributed by atoms with Crippen molar-refractivity contribution in [3.8, 4) is 23.6 Å². The second kappa shape index (κ2) is 6.15. The van der Waals surface area contributed by atoms with Crippen LogP contribution >= 0.6 is 0 Å². The summed E-state index contributed by atoms with van der Waals surface area (Å²) in [7, 11) is 2.93. The molecular weight excluding hydrogens is 286 g/mol. The molecule has 1 heterocycles. The molecule has 1 N–H and O–H groups in total. The summed E-state index contributed by atoms with van der Waals surface area (Å²) in [5, 5.41) is 20.5.